The molecule has 2 saturated heterocycles. The molecular formula is C22H27N3O. The van der Waals surface area contributed by atoms with Crippen molar-refractivity contribution < 1.29 is 4.74 Å². The van der Waals surface area contributed by atoms with Crippen LogP contribution in [0.1, 0.15) is 29.2 Å². The number of hydrogen-bond donors (Lipinski definition) is 2. The molecule has 0 radical (unpaired) electrons. The van der Waals surface area contributed by atoms with Gasteiger partial charge in [-0.2, -0.15) is 0 Å². The summed E-state index contributed by atoms with van der Waals surface area (Å²) in [6.45, 7) is 2.35. The van der Waals surface area contributed by atoms with Crippen molar-refractivity contribution in [1.82, 2.24) is 15.8 Å². The molecule has 26 heavy (non-hydrogen) atoms. The Balaban J connectivity index is 1.33. The number of rotatable bonds is 3. The maximum Gasteiger partial charge on any atom is 0.119 e. The fourth-order valence-electron chi connectivity index (χ4n) is 5.12. The molecule has 4 heteroatoms. The van der Waals surface area contributed by atoms with Gasteiger partial charge in [0, 0.05) is 31.1 Å². The first kappa shape index (κ1) is 16.3. The predicted octanol–water partition coefficient (Wildman–Crippen LogP) is 2.70. The van der Waals surface area contributed by atoms with Gasteiger partial charge in [0.1, 0.15) is 5.75 Å². The lowest BCUT2D eigenvalue weighted by molar-refractivity contribution is 0.112. The number of nitrogens with zero attached hydrogens (tertiary/aromatic N) is 1. The van der Waals surface area contributed by atoms with Crippen molar-refractivity contribution >= 4 is 0 Å². The van der Waals surface area contributed by atoms with Crippen LogP contribution < -0.4 is 15.6 Å². The van der Waals surface area contributed by atoms with E-state index in [1.54, 1.807) is 18.2 Å². The van der Waals surface area contributed by atoms with Gasteiger partial charge in [0.05, 0.1) is 13.2 Å². The molecular weight excluding hydrogens is 322 g/mol. The highest BCUT2D eigenvalue weighted by atomic mass is 16.5. The molecule has 0 saturated carbocycles. The second kappa shape index (κ2) is 6.69. The Morgan fingerprint density at radius 1 is 1.00 bits per heavy atom. The molecule has 5 rings (SSSR count). The molecule has 3 atom stereocenters. The summed E-state index contributed by atoms with van der Waals surface area (Å²) in [5.41, 5.74) is 11.5. The number of benzene rings is 2. The predicted molar refractivity (Wildman–Crippen MR) is 103 cm³/mol. The van der Waals surface area contributed by atoms with Gasteiger partial charge in [-0.05, 0) is 48.1 Å². The SMILES string of the molecule is COc1cccc(C2NNC3CCN(C4Cc5ccccc5C4)CC32)c1. The first-order valence-corrected chi connectivity index (χ1v) is 9.77. The van der Waals surface area contributed by atoms with Gasteiger partial charge in [-0.25, -0.2) is 5.43 Å². The van der Waals surface area contributed by atoms with Gasteiger partial charge in [-0.1, -0.05) is 36.4 Å². The van der Waals surface area contributed by atoms with Crippen LogP contribution >= 0.6 is 0 Å². The quantitative estimate of drug-likeness (QED) is 0.893. The van der Waals surface area contributed by atoms with E-state index in [1.165, 1.54) is 31.4 Å². The highest BCUT2D eigenvalue weighted by Gasteiger charge is 2.42. The van der Waals surface area contributed by atoms with Crippen molar-refractivity contribution in [2.24, 2.45) is 5.92 Å². The van der Waals surface area contributed by atoms with Gasteiger partial charge in [0.25, 0.3) is 0 Å². The number of methoxy groups -OCH3 is 1. The number of hydrazine groups is 1. The highest BCUT2D eigenvalue weighted by molar-refractivity contribution is 5.34. The summed E-state index contributed by atoms with van der Waals surface area (Å²) < 4.78 is 5.43. The standard InChI is InChI=1S/C22H27N3O/c1-26-19-8-4-7-17(13-19)22-20-14-25(10-9-21(20)23-24-22)18-11-15-5-2-3-6-16(15)12-18/h2-8,13,18,20-24H,9-12,14H2,1H3. The summed E-state index contributed by atoms with van der Waals surface area (Å²) in [6.07, 6.45) is 3.63. The van der Waals surface area contributed by atoms with Gasteiger partial charge >= 0.3 is 0 Å². The largest absolute Gasteiger partial charge is 0.497 e. The van der Waals surface area contributed by atoms with Crippen molar-refractivity contribution in [2.45, 2.75) is 37.4 Å². The summed E-state index contributed by atoms with van der Waals surface area (Å²) in [7, 11) is 1.74. The van der Waals surface area contributed by atoms with E-state index in [2.05, 4.69) is 58.2 Å². The van der Waals surface area contributed by atoms with Crippen molar-refractivity contribution in [3.63, 3.8) is 0 Å². The van der Waals surface area contributed by atoms with Gasteiger partial charge in [-0.3, -0.25) is 10.3 Å². The Hall–Kier alpha value is -1.88. The average Bonchev–Trinajstić information content (AvgIpc) is 3.31. The molecule has 2 aromatic rings. The van der Waals surface area contributed by atoms with E-state index in [4.69, 9.17) is 4.74 Å². The van der Waals surface area contributed by atoms with Crippen LogP contribution in [0.4, 0.5) is 0 Å². The zero-order valence-corrected chi connectivity index (χ0v) is 15.3. The molecule has 0 aromatic heterocycles. The van der Waals surface area contributed by atoms with Crippen LogP contribution in [0.15, 0.2) is 48.5 Å². The molecule has 2 heterocycles. The van der Waals surface area contributed by atoms with Crippen LogP contribution in [0.5, 0.6) is 5.75 Å². The van der Waals surface area contributed by atoms with Gasteiger partial charge in [0.2, 0.25) is 0 Å². The normalized spacial score (nSPS) is 28.7. The Morgan fingerprint density at radius 2 is 1.81 bits per heavy atom. The zero-order chi connectivity index (χ0) is 17.5. The molecule has 2 fully saturated rings. The minimum absolute atomic E-state index is 0.349. The Bertz CT molecular complexity index is 767. The summed E-state index contributed by atoms with van der Waals surface area (Å²) in [6, 6.07) is 19.0. The Kier molecular flexibility index (Phi) is 4.20. The molecule has 1 aliphatic carbocycles. The minimum Gasteiger partial charge on any atom is -0.497 e. The van der Waals surface area contributed by atoms with Crippen molar-refractivity contribution in [2.75, 3.05) is 20.2 Å². The molecule has 0 amide bonds. The van der Waals surface area contributed by atoms with E-state index in [9.17, 15) is 0 Å². The second-order valence-electron chi connectivity index (χ2n) is 7.93. The molecule has 0 spiro atoms. The molecule has 3 unspecified atom stereocenters. The highest BCUT2D eigenvalue weighted by Crippen LogP contribution is 2.37. The maximum atomic E-state index is 5.43. The Morgan fingerprint density at radius 3 is 2.58 bits per heavy atom. The lowest BCUT2D eigenvalue weighted by atomic mass is 9.84. The number of fused-ring (bicyclic) bond motifs is 2. The smallest absolute Gasteiger partial charge is 0.119 e. The zero-order valence-electron chi connectivity index (χ0n) is 15.3. The number of ether oxygens (including phenoxy) is 1. The number of hydrogen-bond acceptors (Lipinski definition) is 4. The van der Waals surface area contributed by atoms with Crippen LogP contribution in [-0.2, 0) is 12.8 Å². The molecule has 0 bridgehead atoms. The first-order valence-electron chi connectivity index (χ1n) is 9.77. The lowest BCUT2D eigenvalue weighted by Crippen LogP contribution is -2.49. The Labute approximate surface area is 155 Å². The minimum atomic E-state index is 0.349. The van der Waals surface area contributed by atoms with Crippen LogP contribution in [-0.4, -0.2) is 37.2 Å². The summed E-state index contributed by atoms with van der Waals surface area (Å²) in [5, 5.41) is 0. The third-order valence-electron chi connectivity index (χ3n) is 6.54. The topological polar surface area (TPSA) is 36.5 Å². The summed E-state index contributed by atoms with van der Waals surface area (Å²) >= 11 is 0. The second-order valence-corrected chi connectivity index (χ2v) is 7.93. The van der Waals surface area contributed by atoms with Crippen molar-refractivity contribution in [3.05, 3.63) is 65.2 Å². The first-order chi connectivity index (χ1) is 12.8. The van der Waals surface area contributed by atoms with Crippen LogP contribution in [0.25, 0.3) is 0 Å². The van der Waals surface area contributed by atoms with Crippen LogP contribution in [0.3, 0.4) is 0 Å². The summed E-state index contributed by atoms with van der Waals surface area (Å²) in [5.74, 6) is 1.53. The summed E-state index contributed by atoms with van der Waals surface area (Å²) in [4.78, 5) is 2.74. The van der Waals surface area contributed by atoms with Crippen LogP contribution in [0, 0.1) is 5.92 Å². The van der Waals surface area contributed by atoms with E-state index in [-0.39, 0.29) is 0 Å². The van der Waals surface area contributed by atoms with E-state index >= 15 is 0 Å². The van der Waals surface area contributed by atoms with E-state index < -0.39 is 0 Å². The number of nitrogens with one attached hydrogen (secondary N) is 2. The molecule has 3 aliphatic rings. The maximum absolute atomic E-state index is 5.43. The average molecular weight is 349 g/mol. The fraction of sp³-hybridized carbons (Fsp3) is 0.455. The molecule has 136 valence electrons. The third-order valence-corrected chi connectivity index (χ3v) is 6.54. The van der Waals surface area contributed by atoms with Crippen molar-refractivity contribution in [1.29, 1.82) is 0 Å². The molecule has 2 N–H and O–H groups in total. The third kappa shape index (κ3) is 2.82. The van der Waals surface area contributed by atoms with E-state index in [1.807, 2.05) is 6.07 Å². The van der Waals surface area contributed by atoms with Crippen LogP contribution in [0.2, 0.25) is 0 Å². The fourth-order valence-corrected chi connectivity index (χ4v) is 5.12. The van der Waals surface area contributed by atoms with E-state index in [0.29, 0.717) is 24.0 Å². The monoisotopic (exact) mass is 349 g/mol. The molecule has 2 aliphatic heterocycles. The number of likely N-dealkylation sites (tertiary alicyclic amines) is 1. The van der Waals surface area contributed by atoms with E-state index in [0.717, 1.165) is 12.3 Å². The number of piperidine rings is 1. The van der Waals surface area contributed by atoms with Gasteiger partial charge in [-0.15, -0.1) is 0 Å². The lowest BCUT2D eigenvalue weighted by Gasteiger charge is -2.39. The molecule has 4 nitrogen and oxygen atoms in total. The van der Waals surface area contributed by atoms with Gasteiger partial charge < -0.3 is 4.74 Å². The van der Waals surface area contributed by atoms with Crippen molar-refractivity contribution in [3.8, 4) is 5.75 Å². The van der Waals surface area contributed by atoms with Gasteiger partial charge in [0.15, 0.2) is 0 Å². The molecule has 2 aromatic carbocycles.